The van der Waals surface area contributed by atoms with E-state index in [9.17, 15) is 4.79 Å². The van der Waals surface area contributed by atoms with Crippen LogP contribution in [0.3, 0.4) is 0 Å². The number of aromatic nitrogens is 2. The lowest BCUT2D eigenvalue weighted by atomic mass is 10.1. The summed E-state index contributed by atoms with van der Waals surface area (Å²) in [6, 6.07) is 16.6. The van der Waals surface area contributed by atoms with Crippen LogP contribution in [0.1, 0.15) is 21.9 Å². The predicted molar refractivity (Wildman–Crippen MR) is 111 cm³/mol. The number of ether oxygens (including phenoxy) is 1. The van der Waals surface area contributed by atoms with Crippen LogP contribution in [0.15, 0.2) is 54.6 Å². The molecule has 7 heteroatoms. The minimum atomic E-state index is -0.336. The number of methoxy groups -OCH3 is 1. The Morgan fingerprint density at radius 2 is 1.86 bits per heavy atom. The summed E-state index contributed by atoms with van der Waals surface area (Å²) in [6.07, 6.45) is 0.814. The Morgan fingerprint density at radius 1 is 1.11 bits per heavy atom. The smallest absolute Gasteiger partial charge is 0.274 e. The monoisotopic (exact) mass is 396 g/mol. The molecular formula is C21H21ClN4O2. The zero-order valence-corrected chi connectivity index (χ0v) is 16.5. The summed E-state index contributed by atoms with van der Waals surface area (Å²) in [5.41, 5.74) is 1.99. The fourth-order valence-electron chi connectivity index (χ4n) is 2.65. The average Bonchev–Trinajstić information content (AvgIpc) is 2.70. The van der Waals surface area contributed by atoms with Crippen LogP contribution >= 0.6 is 11.6 Å². The molecule has 0 radical (unpaired) electrons. The number of hydrogen-bond donors (Lipinski definition) is 2. The lowest BCUT2D eigenvalue weighted by Crippen LogP contribution is -2.16. The molecule has 0 aliphatic rings. The van der Waals surface area contributed by atoms with E-state index in [-0.39, 0.29) is 11.6 Å². The highest BCUT2D eigenvalue weighted by Gasteiger charge is 2.12. The maximum absolute atomic E-state index is 12.5. The van der Waals surface area contributed by atoms with Gasteiger partial charge >= 0.3 is 0 Å². The van der Waals surface area contributed by atoms with Crippen molar-refractivity contribution in [2.75, 3.05) is 24.3 Å². The van der Waals surface area contributed by atoms with Gasteiger partial charge in [-0.25, -0.2) is 9.97 Å². The molecular weight excluding hydrogens is 376 g/mol. The largest absolute Gasteiger partial charge is 0.497 e. The highest BCUT2D eigenvalue weighted by atomic mass is 35.5. The SMILES string of the molecule is COc1ccc(CCNc2cc(C(=O)Nc3ccccc3Cl)nc(C)n2)cc1. The zero-order chi connectivity index (χ0) is 19.9. The van der Waals surface area contributed by atoms with Crippen molar-refractivity contribution in [2.24, 2.45) is 0 Å². The Bertz CT molecular complexity index is 961. The van der Waals surface area contributed by atoms with Gasteiger partial charge in [-0.15, -0.1) is 0 Å². The third kappa shape index (κ3) is 5.20. The molecule has 0 saturated carbocycles. The van der Waals surface area contributed by atoms with Crippen molar-refractivity contribution in [1.29, 1.82) is 0 Å². The molecule has 0 aliphatic carbocycles. The molecule has 0 saturated heterocycles. The van der Waals surface area contributed by atoms with Crippen molar-refractivity contribution in [3.05, 3.63) is 76.7 Å². The third-order valence-corrected chi connectivity index (χ3v) is 4.40. The molecule has 0 aliphatic heterocycles. The predicted octanol–water partition coefficient (Wildman–Crippen LogP) is 4.35. The number of halogens is 1. The van der Waals surface area contributed by atoms with Gasteiger partial charge in [0, 0.05) is 12.6 Å². The molecule has 0 atom stereocenters. The first-order valence-electron chi connectivity index (χ1n) is 8.83. The highest BCUT2D eigenvalue weighted by Crippen LogP contribution is 2.21. The number of carbonyl (C=O) groups excluding carboxylic acids is 1. The van der Waals surface area contributed by atoms with Crippen molar-refractivity contribution < 1.29 is 9.53 Å². The first-order valence-corrected chi connectivity index (χ1v) is 9.21. The number of hydrogen-bond acceptors (Lipinski definition) is 5. The van der Waals surface area contributed by atoms with E-state index in [2.05, 4.69) is 20.6 Å². The molecule has 3 rings (SSSR count). The Balaban J connectivity index is 1.63. The number of nitrogens with zero attached hydrogens (tertiary/aromatic N) is 2. The maximum Gasteiger partial charge on any atom is 0.274 e. The summed E-state index contributed by atoms with van der Waals surface area (Å²) in [5, 5.41) is 6.49. The van der Waals surface area contributed by atoms with E-state index >= 15 is 0 Å². The van der Waals surface area contributed by atoms with Crippen LogP contribution in [-0.4, -0.2) is 29.5 Å². The molecule has 1 aromatic heterocycles. The van der Waals surface area contributed by atoms with Crippen LogP contribution in [0.2, 0.25) is 5.02 Å². The minimum Gasteiger partial charge on any atom is -0.497 e. The van der Waals surface area contributed by atoms with E-state index in [1.807, 2.05) is 24.3 Å². The van der Waals surface area contributed by atoms with Crippen molar-refractivity contribution in [3.63, 3.8) is 0 Å². The number of anilines is 2. The lowest BCUT2D eigenvalue weighted by molar-refractivity contribution is 0.102. The standard InChI is InChI=1S/C21H21ClN4O2/c1-14-24-19(21(27)26-18-6-4-3-5-17(18)22)13-20(25-14)23-12-11-15-7-9-16(28-2)10-8-15/h3-10,13H,11-12H2,1-2H3,(H,26,27)(H,23,24,25). The number of amides is 1. The van der Waals surface area contributed by atoms with Crippen LogP contribution < -0.4 is 15.4 Å². The Hall–Kier alpha value is -3.12. The topological polar surface area (TPSA) is 76.1 Å². The Kier molecular flexibility index (Phi) is 6.45. The molecule has 0 bridgehead atoms. The van der Waals surface area contributed by atoms with Gasteiger partial charge < -0.3 is 15.4 Å². The van der Waals surface area contributed by atoms with Crippen molar-refractivity contribution in [1.82, 2.24) is 9.97 Å². The second kappa shape index (κ2) is 9.19. The molecule has 0 fully saturated rings. The fraction of sp³-hybridized carbons (Fsp3) is 0.190. The summed E-state index contributed by atoms with van der Waals surface area (Å²) in [5.74, 6) is 1.61. The van der Waals surface area contributed by atoms with Crippen molar-refractivity contribution >= 4 is 29.0 Å². The first-order chi connectivity index (χ1) is 13.5. The fourth-order valence-corrected chi connectivity index (χ4v) is 2.83. The number of carbonyl (C=O) groups is 1. The van der Waals surface area contributed by atoms with Crippen molar-refractivity contribution in [2.45, 2.75) is 13.3 Å². The maximum atomic E-state index is 12.5. The Morgan fingerprint density at radius 3 is 2.57 bits per heavy atom. The molecule has 1 heterocycles. The molecule has 28 heavy (non-hydrogen) atoms. The van der Waals surface area contributed by atoms with Gasteiger partial charge in [-0.1, -0.05) is 35.9 Å². The highest BCUT2D eigenvalue weighted by molar-refractivity contribution is 6.33. The number of aryl methyl sites for hydroxylation is 1. The van der Waals surface area contributed by atoms with Crippen LogP contribution in [-0.2, 0) is 6.42 Å². The van der Waals surface area contributed by atoms with Crippen LogP contribution in [0.4, 0.5) is 11.5 Å². The number of benzene rings is 2. The van der Waals surface area contributed by atoms with Gasteiger partial charge in [0.25, 0.3) is 5.91 Å². The summed E-state index contributed by atoms with van der Waals surface area (Å²) < 4.78 is 5.16. The molecule has 3 aromatic rings. The third-order valence-electron chi connectivity index (χ3n) is 4.07. The molecule has 0 unspecified atom stereocenters. The second-order valence-corrected chi connectivity index (χ2v) is 6.55. The van der Waals surface area contributed by atoms with E-state index in [1.54, 1.807) is 44.4 Å². The number of para-hydroxylation sites is 1. The zero-order valence-electron chi connectivity index (χ0n) is 15.7. The molecule has 2 aromatic carbocycles. The van der Waals surface area contributed by atoms with Gasteiger partial charge in [0.2, 0.25) is 0 Å². The van der Waals surface area contributed by atoms with E-state index < -0.39 is 0 Å². The molecule has 2 N–H and O–H groups in total. The van der Waals surface area contributed by atoms with Gasteiger partial charge in [0.1, 0.15) is 23.1 Å². The van der Waals surface area contributed by atoms with E-state index in [0.717, 1.165) is 12.2 Å². The van der Waals surface area contributed by atoms with Gasteiger partial charge in [0.15, 0.2) is 0 Å². The summed E-state index contributed by atoms with van der Waals surface area (Å²) in [4.78, 5) is 21.1. The molecule has 6 nitrogen and oxygen atoms in total. The summed E-state index contributed by atoms with van der Waals surface area (Å²) >= 11 is 6.10. The van der Waals surface area contributed by atoms with E-state index in [0.29, 0.717) is 28.9 Å². The molecule has 0 spiro atoms. The number of nitrogens with one attached hydrogen (secondary N) is 2. The van der Waals surface area contributed by atoms with E-state index in [4.69, 9.17) is 16.3 Å². The first kappa shape index (κ1) is 19.6. The normalized spacial score (nSPS) is 10.4. The van der Waals surface area contributed by atoms with Gasteiger partial charge in [-0.2, -0.15) is 0 Å². The van der Waals surface area contributed by atoms with Crippen LogP contribution in [0.25, 0.3) is 0 Å². The van der Waals surface area contributed by atoms with Gasteiger partial charge in [0.05, 0.1) is 17.8 Å². The molecule has 1 amide bonds. The van der Waals surface area contributed by atoms with Gasteiger partial charge in [-0.05, 0) is 43.2 Å². The molecule has 144 valence electrons. The van der Waals surface area contributed by atoms with Gasteiger partial charge in [-0.3, -0.25) is 4.79 Å². The second-order valence-electron chi connectivity index (χ2n) is 6.14. The Labute approximate surface area is 168 Å². The van der Waals surface area contributed by atoms with Crippen LogP contribution in [0.5, 0.6) is 5.75 Å². The number of rotatable bonds is 7. The summed E-state index contributed by atoms with van der Waals surface area (Å²) in [6.45, 7) is 2.43. The average molecular weight is 397 g/mol. The van der Waals surface area contributed by atoms with Crippen LogP contribution in [0, 0.1) is 6.92 Å². The minimum absolute atomic E-state index is 0.277. The van der Waals surface area contributed by atoms with Crippen molar-refractivity contribution in [3.8, 4) is 5.75 Å². The lowest BCUT2D eigenvalue weighted by Gasteiger charge is -2.10. The summed E-state index contributed by atoms with van der Waals surface area (Å²) in [7, 11) is 1.65. The quantitative estimate of drug-likeness (QED) is 0.620. The van der Waals surface area contributed by atoms with E-state index in [1.165, 1.54) is 5.56 Å².